The Hall–Kier alpha value is -0.680. The molecule has 0 saturated carbocycles. The predicted molar refractivity (Wildman–Crippen MR) is 93.5 cm³/mol. The van der Waals surface area contributed by atoms with Crippen molar-refractivity contribution in [2.45, 2.75) is 25.8 Å². The van der Waals surface area contributed by atoms with Gasteiger partial charge >= 0.3 is 0 Å². The molecule has 0 spiro atoms. The smallest absolute Gasteiger partial charge is 0.179 e. The Morgan fingerprint density at radius 1 is 1.32 bits per heavy atom. The number of nitrogens with zero attached hydrogens (tertiary/aromatic N) is 1. The van der Waals surface area contributed by atoms with Crippen LogP contribution in [-0.2, 0) is 6.54 Å². The number of nitrogens with two attached hydrogens (primary N) is 1. The minimum atomic E-state index is 0. The molecular formula is C16H26Cl2N2O2. The van der Waals surface area contributed by atoms with Gasteiger partial charge in [-0.15, -0.1) is 12.4 Å². The molecule has 0 amide bonds. The van der Waals surface area contributed by atoms with E-state index in [1.54, 1.807) is 14.2 Å². The Bertz CT molecular complexity index is 470. The molecule has 1 aliphatic rings. The van der Waals surface area contributed by atoms with Crippen molar-refractivity contribution in [3.63, 3.8) is 0 Å². The van der Waals surface area contributed by atoms with E-state index in [0.29, 0.717) is 22.4 Å². The zero-order valence-corrected chi connectivity index (χ0v) is 14.9. The molecule has 1 fully saturated rings. The number of ether oxygens (including phenoxy) is 2. The van der Waals surface area contributed by atoms with Gasteiger partial charge in [0.1, 0.15) is 0 Å². The monoisotopic (exact) mass is 348 g/mol. The first-order chi connectivity index (χ1) is 10.2. The highest BCUT2D eigenvalue weighted by Crippen LogP contribution is 2.38. The summed E-state index contributed by atoms with van der Waals surface area (Å²) < 4.78 is 10.6. The Morgan fingerprint density at radius 2 is 2.09 bits per heavy atom. The van der Waals surface area contributed by atoms with E-state index in [2.05, 4.69) is 4.90 Å². The SMILES string of the molecule is COc1ccc(CN2CCCC(CCN)C2)c(Cl)c1OC.Cl. The van der Waals surface area contributed by atoms with Gasteiger partial charge in [0.25, 0.3) is 0 Å². The van der Waals surface area contributed by atoms with Crippen LogP contribution in [0, 0.1) is 5.92 Å². The van der Waals surface area contributed by atoms with Crippen LogP contribution in [0.3, 0.4) is 0 Å². The number of hydrogen-bond acceptors (Lipinski definition) is 4. The van der Waals surface area contributed by atoms with Crippen LogP contribution in [0.15, 0.2) is 12.1 Å². The summed E-state index contributed by atoms with van der Waals surface area (Å²) in [6.45, 7) is 3.84. The summed E-state index contributed by atoms with van der Waals surface area (Å²) in [7, 11) is 3.24. The van der Waals surface area contributed by atoms with Crippen molar-refractivity contribution in [3.8, 4) is 11.5 Å². The predicted octanol–water partition coefficient (Wildman–Crippen LogP) is 3.34. The van der Waals surface area contributed by atoms with Gasteiger partial charge in [-0.3, -0.25) is 4.90 Å². The van der Waals surface area contributed by atoms with Gasteiger partial charge in [-0.2, -0.15) is 0 Å². The van der Waals surface area contributed by atoms with Crippen LogP contribution in [0.4, 0.5) is 0 Å². The lowest BCUT2D eigenvalue weighted by atomic mass is 9.94. The minimum absolute atomic E-state index is 0. The number of benzene rings is 1. The quantitative estimate of drug-likeness (QED) is 0.856. The largest absolute Gasteiger partial charge is 0.493 e. The maximum Gasteiger partial charge on any atom is 0.179 e. The van der Waals surface area contributed by atoms with Crippen LogP contribution in [0.5, 0.6) is 11.5 Å². The van der Waals surface area contributed by atoms with Crippen LogP contribution in [-0.4, -0.2) is 38.8 Å². The second-order valence-corrected chi connectivity index (χ2v) is 5.97. The van der Waals surface area contributed by atoms with Crippen molar-refractivity contribution in [1.29, 1.82) is 0 Å². The Morgan fingerprint density at radius 3 is 2.73 bits per heavy atom. The summed E-state index contributed by atoms with van der Waals surface area (Å²) in [5.41, 5.74) is 6.77. The first kappa shape index (κ1) is 19.4. The molecule has 0 aromatic heterocycles. The lowest BCUT2D eigenvalue weighted by Crippen LogP contribution is -2.35. The topological polar surface area (TPSA) is 47.7 Å². The highest BCUT2D eigenvalue weighted by Gasteiger charge is 2.21. The molecule has 1 heterocycles. The Balaban J connectivity index is 0.00000242. The van der Waals surface area contributed by atoms with Gasteiger partial charge in [0.2, 0.25) is 0 Å². The third kappa shape index (κ3) is 4.66. The highest BCUT2D eigenvalue weighted by molar-refractivity contribution is 6.33. The van der Waals surface area contributed by atoms with Crippen molar-refractivity contribution in [2.75, 3.05) is 33.9 Å². The molecule has 1 atom stereocenters. The molecule has 1 unspecified atom stereocenters. The average Bonchev–Trinajstić information content (AvgIpc) is 2.50. The molecule has 1 aromatic carbocycles. The molecule has 6 heteroatoms. The second-order valence-electron chi connectivity index (χ2n) is 5.59. The lowest BCUT2D eigenvalue weighted by molar-refractivity contribution is 0.163. The van der Waals surface area contributed by atoms with E-state index in [1.807, 2.05) is 12.1 Å². The molecule has 2 rings (SSSR count). The summed E-state index contributed by atoms with van der Waals surface area (Å²) in [5, 5.41) is 0.651. The normalized spacial score (nSPS) is 18.6. The van der Waals surface area contributed by atoms with Crippen molar-refractivity contribution < 1.29 is 9.47 Å². The second kappa shape index (κ2) is 9.46. The summed E-state index contributed by atoms with van der Waals surface area (Å²) >= 11 is 6.46. The van der Waals surface area contributed by atoms with Crippen molar-refractivity contribution in [2.24, 2.45) is 11.7 Å². The standard InChI is InChI=1S/C16H25ClN2O2.ClH/c1-20-14-6-5-13(15(17)16(14)21-2)11-19-9-3-4-12(10-19)7-8-18;/h5-6,12H,3-4,7-11,18H2,1-2H3;1H. The fourth-order valence-corrected chi connectivity index (χ4v) is 3.35. The number of halogens is 2. The first-order valence-electron chi connectivity index (χ1n) is 7.51. The van der Waals surface area contributed by atoms with Crippen molar-refractivity contribution >= 4 is 24.0 Å². The molecule has 1 aromatic rings. The zero-order chi connectivity index (χ0) is 15.2. The number of rotatable bonds is 6. The highest BCUT2D eigenvalue weighted by atomic mass is 35.5. The molecule has 22 heavy (non-hydrogen) atoms. The third-order valence-electron chi connectivity index (χ3n) is 4.14. The molecule has 0 aliphatic carbocycles. The number of methoxy groups -OCH3 is 2. The van der Waals surface area contributed by atoms with E-state index in [0.717, 1.165) is 38.2 Å². The van der Waals surface area contributed by atoms with E-state index in [-0.39, 0.29) is 12.4 Å². The summed E-state index contributed by atoms with van der Waals surface area (Å²) in [4.78, 5) is 2.46. The van der Waals surface area contributed by atoms with Gasteiger partial charge in [-0.1, -0.05) is 17.7 Å². The van der Waals surface area contributed by atoms with Crippen molar-refractivity contribution in [1.82, 2.24) is 4.90 Å². The van der Waals surface area contributed by atoms with Gasteiger partial charge in [0, 0.05) is 13.1 Å². The van der Waals surface area contributed by atoms with Crippen LogP contribution in [0.1, 0.15) is 24.8 Å². The van der Waals surface area contributed by atoms with E-state index < -0.39 is 0 Å². The Labute approximate surface area is 144 Å². The fourth-order valence-electron chi connectivity index (χ4n) is 3.06. The summed E-state index contributed by atoms with van der Waals surface area (Å²) in [6.07, 6.45) is 3.62. The minimum Gasteiger partial charge on any atom is -0.493 e. The lowest BCUT2D eigenvalue weighted by Gasteiger charge is -2.33. The van der Waals surface area contributed by atoms with Gasteiger partial charge < -0.3 is 15.2 Å². The molecule has 0 radical (unpaired) electrons. The Kier molecular flexibility index (Phi) is 8.33. The summed E-state index contributed by atoms with van der Waals surface area (Å²) in [6, 6.07) is 3.94. The van der Waals surface area contributed by atoms with Crippen molar-refractivity contribution in [3.05, 3.63) is 22.7 Å². The molecule has 1 aliphatic heterocycles. The van der Waals surface area contributed by atoms with Crippen LogP contribution in [0.25, 0.3) is 0 Å². The van der Waals surface area contributed by atoms with E-state index in [9.17, 15) is 0 Å². The number of piperidine rings is 1. The molecule has 1 saturated heterocycles. The average molecular weight is 349 g/mol. The number of likely N-dealkylation sites (tertiary alicyclic amines) is 1. The van der Waals surface area contributed by atoms with Crippen LogP contribution in [0.2, 0.25) is 5.02 Å². The first-order valence-corrected chi connectivity index (χ1v) is 7.89. The zero-order valence-electron chi connectivity index (χ0n) is 13.3. The van der Waals surface area contributed by atoms with Gasteiger partial charge in [-0.25, -0.2) is 0 Å². The maximum atomic E-state index is 6.46. The number of hydrogen-bond donors (Lipinski definition) is 1. The molecule has 126 valence electrons. The summed E-state index contributed by atoms with van der Waals surface area (Å²) in [5.74, 6) is 2.00. The van der Waals surface area contributed by atoms with Crippen LogP contribution >= 0.6 is 24.0 Å². The van der Waals surface area contributed by atoms with Crippen LogP contribution < -0.4 is 15.2 Å². The van der Waals surface area contributed by atoms with Gasteiger partial charge in [0.15, 0.2) is 11.5 Å². The van der Waals surface area contributed by atoms with E-state index in [4.69, 9.17) is 26.8 Å². The fraction of sp³-hybridized carbons (Fsp3) is 0.625. The maximum absolute atomic E-state index is 6.46. The van der Waals surface area contributed by atoms with E-state index >= 15 is 0 Å². The molecular weight excluding hydrogens is 323 g/mol. The van der Waals surface area contributed by atoms with Gasteiger partial charge in [0.05, 0.1) is 19.2 Å². The van der Waals surface area contributed by atoms with Gasteiger partial charge in [-0.05, 0) is 49.9 Å². The van der Waals surface area contributed by atoms with E-state index in [1.165, 1.54) is 12.8 Å². The molecule has 4 nitrogen and oxygen atoms in total. The molecule has 0 bridgehead atoms. The third-order valence-corrected chi connectivity index (χ3v) is 4.55. The molecule has 2 N–H and O–H groups in total.